The zero-order valence-corrected chi connectivity index (χ0v) is 10.7. The fourth-order valence-corrected chi connectivity index (χ4v) is 2.04. The molecule has 100 valence electrons. The van der Waals surface area contributed by atoms with Crippen molar-refractivity contribution in [2.75, 3.05) is 7.11 Å². The van der Waals surface area contributed by atoms with Gasteiger partial charge in [-0.2, -0.15) is 0 Å². The second-order valence-corrected chi connectivity index (χ2v) is 4.43. The van der Waals surface area contributed by atoms with Crippen LogP contribution in [0.15, 0.2) is 42.5 Å². The molecule has 19 heavy (non-hydrogen) atoms. The summed E-state index contributed by atoms with van der Waals surface area (Å²) < 4.78 is 31.7. The number of hydrogen-bond donors (Lipinski definition) is 1. The van der Waals surface area contributed by atoms with Gasteiger partial charge in [0, 0.05) is 11.6 Å². The van der Waals surface area contributed by atoms with Crippen molar-refractivity contribution in [3.05, 3.63) is 65.2 Å². The van der Waals surface area contributed by atoms with E-state index < -0.39 is 17.2 Å². The summed E-state index contributed by atoms with van der Waals surface area (Å²) in [6.07, 6.45) is 0. The van der Waals surface area contributed by atoms with Crippen molar-refractivity contribution < 1.29 is 18.6 Å². The SMILES string of the molecule is COc1ccccc1C(C)(O)c1cc(F)cc(F)c1. The molecule has 0 aliphatic heterocycles. The maximum absolute atomic E-state index is 13.3. The minimum atomic E-state index is -1.55. The smallest absolute Gasteiger partial charge is 0.126 e. The lowest BCUT2D eigenvalue weighted by atomic mass is 9.87. The highest BCUT2D eigenvalue weighted by Gasteiger charge is 2.29. The van der Waals surface area contributed by atoms with Crippen LogP contribution < -0.4 is 4.74 Å². The molecule has 2 aromatic carbocycles. The highest BCUT2D eigenvalue weighted by atomic mass is 19.1. The van der Waals surface area contributed by atoms with Crippen LogP contribution in [-0.2, 0) is 5.60 Å². The van der Waals surface area contributed by atoms with E-state index in [2.05, 4.69) is 0 Å². The molecule has 0 saturated carbocycles. The Morgan fingerprint density at radius 1 is 1.05 bits per heavy atom. The van der Waals surface area contributed by atoms with E-state index in [0.29, 0.717) is 11.3 Å². The van der Waals surface area contributed by atoms with Gasteiger partial charge in [-0.25, -0.2) is 8.78 Å². The molecule has 0 radical (unpaired) electrons. The Morgan fingerprint density at radius 3 is 2.21 bits per heavy atom. The molecule has 1 atom stereocenters. The number of aliphatic hydroxyl groups is 1. The van der Waals surface area contributed by atoms with Crippen molar-refractivity contribution in [3.63, 3.8) is 0 Å². The fraction of sp³-hybridized carbons (Fsp3) is 0.200. The van der Waals surface area contributed by atoms with Crippen molar-refractivity contribution in [1.82, 2.24) is 0 Å². The Balaban J connectivity index is 2.57. The summed E-state index contributed by atoms with van der Waals surface area (Å²) in [6.45, 7) is 1.47. The Labute approximate surface area is 110 Å². The maximum atomic E-state index is 13.3. The summed E-state index contributed by atoms with van der Waals surface area (Å²) in [7, 11) is 1.47. The first-order valence-electron chi connectivity index (χ1n) is 5.77. The van der Waals surface area contributed by atoms with Crippen LogP contribution in [0.5, 0.6) is 5.75 Å². The number of benzene rings is 2. The number of ether oxygens (including phenoxy) is 1. The number of rotatable bonds is 3. The first-order chi connectivity index (χ1) is 8.95. The van der Waals surface area contributed by atoms with Gasteiger partial charge in [-0.3, -0.25) is 0 Å². The standard InChI is InChI=1S/C15H14F2O2/c1-15(18,10-7-11(16)9-12(17)8-10)13-5-3-4-6-14(13)19-2/h3-9,18H,1-2H3. The molecule has 1 unspecified atom stereocenters. The van der Waals surface area contributed by atoms with Crippen LogP contribution in [0.1, 0.15) is 18.1 Å². The number of methoxy groups -OCH3 is 1. The van der Waals surface area contributed by atoms with Gasteiger partial charge in [0.15, 0.2) is 0 Å². The fourth-order valence-electron chi connectivity index (χ4n) is 2.04. The minimum absolute atomic E-state index is 0.134. The van der Waals surface area contributed by atoms with Gasteiger partial charge in [-0.15, -0.1) is 0 Å². The first kappa shape index (κ1) is 13.5. The van der Waals surface area contributed by atoms with E-state index in [-0.39, 0.29) is 5.56 Å². The third-order valence-electron chi connectivity index (χ3n) is 3.06. The summed E-state index contributed by atoms with van der Waals surface area (Å²) in [6, 6.07) is 9.79. The van der Waals surface area contributed by atoms with Gasteiger partial charge >= 0.3 is 0 Å². The molecule has 0 aliphatic rings. The van der Waals surface area contributed by atoms with Crippen LogP contribution in [0.2, 0.25) is 0 Å². The Kier molecular flexibility index (Phi) is 3.53. The van der Waals surface area contributed by atoms with Crippen molar-refractivity contribution >= 4 is 0 Å². The van der Waals surface area contributed by atoms with Crippen molar-refractivity contribution in [2.24, 2.45) is 0 Å². The van der Waals surface area contributed by atoms with Crippen LogP contribution in [0.25, 0.3) is 0 Å². The maximum Gasteiger partial charge on any atom is 0.126 e. The molecule has 0 amide bonds. The quantitative estimate of drug-likeness (QED) is 0.922. The molecule has 0 spiro atoms. The second kappa shape index (κ2) is 4.97. The molecular weight excluding hydrogens is 250 g/mol. The van der Waals surface area contributed by atoms with Crippen molar-refractivity contribution in [2.45, 2.75) is 12.5 Å². The lowest BCUT2D eigenvalue weighted by Crippen LogP contribution is -2.24. The van der Waals surface area contributed by atoms with Crippen molar-refractivity contribution in [1.29, 1.82) is 0 Å². The molecule has 0 heterocycles. The molecule has 2 nitrogen and oxygen atoms in total. The van der Waals surface area contributed by atoms with Gasteiger partial charge in [-0.1, -0.05) is 18.2 Å². The Morgan fingerprint density at radius 2 is 1.63 bits per heavy atom. The van der Waals surface area contributed by atoms with Crippen LogP contribution in [-0.4, -0.2) is 12.2 Å². The molecule has 0 bridgehead atoms. The van der Waals surface area contributed by atoms with E-state index in [1.807, 2.05) is 0 Å². The summed E-state index contributed by atoms with van der Waals surface area (Å²) >= 11 is 0. The van der Waals surface area contributed by atoms with Crippen molar-refractivity contribution in [3.8, 4) is 5.75 Å². The molecule has 0 saturated heterocycles. The minimum Gasteiger partial charge on any atom is -0.496 e. The zero-order chi connectivity index (χ0) is 14.0. The largest absolute Gasteiger partial charge is 0.496 e. The van der Waals surface area contributed by atoms with Crippen LogP contribution in [0.4, 0.5) is 8.78 Å². The molecule has 4 heteroatoms. The monoisotopic (exact) mass is 264 g/mol. The molecule has 2 rings (SSSR count). The van der Waals surface area contributed by atoms with E-state index >= 15 is 0 Å². The molecule has 1 N–H and O–H groups in total. The lowest BCUT2D eigenvalue weighted by molar-refractivity contribution is 0.0982. The van der Waals surface area contributed by atoms with Gasteiger partial charge in [-0.05, 0) is 30.7 Å². The number of halogens is 2. The number of hydrogen-bond acceptors (Lipinski definition) is 2. The third-order valence-corrected chi connectivity index (χ3v) is 3.06. The molecule has 0 aliphatic carbocycles. The van der Waals surface area contributed by atoms with Crippen LogP contribution >= 0.6 is 0 Å². The van der Waals surface area contributed by atoms with Gasteiger partial charge < -0.3 is 9.84 Å². The predicted octanol–water partition coefficient (Wildman–Crippen LogP) is 3.23. The van der Waals surface area contributed by atoms with E-state index in [4.69, 9.17) is 4.74 Å². The van der Waals surface area contributed by atoms with Crippen LogP contribution in [0.3, 0.4) is 0 Å². The summed E-state index contributed by atoms with van der Waals surface area (Å²) in [5.74, 6) is -1.01. The molecular formula is C15H14F2O2. The average Bonchev–Trinajstić information content (AvgIpc) is 2.37. The molecule has 0 fully saturated rings. The average molecular weight is 264 g/mol. The van der Waals surface area contributed by atoms with Gasteiger partial charge in [0.05, 0.1) is 7.11 Å². The van der Waals surface area contributed by atoms with E-state index in [1.165, 1.54) is 14.0 Å². The van der Waals surface area contributed by atoms with Gasteiger partial charge in [0.1, 0.15) is 23.0 Å². The number of para-hydroxylation sites is 1. The first-order valence-corrected chi connectivity index (χ1v) is 5.77. The Hall–Kier alpha value is -1.94. The van der Waals surface area contributed by atoms with E-state index in [1.54, 1.807) is 24.3 Å². The van der Waals surface area contributed by atoms with E-state index in [0.717, 1.165) is 18.2 Å². The molecule has 0 aromatic heterocycles. The lowest BCUT2D eigenvalue weighted by Gasteiger charge is -2.26. The zero-order valence-electron chi connectivity index (χ0n) is 10.7. The van der Waals surface area contributed by atoms with Crippen LogP contribution in [0, 0.1) is 11.6 Å². The summed E-state index contributed by atoms with van der Waals surface area (Å²) in [5, 5.41) is 10.6. The normalized spacial score (nSPS) is 13.9. The van der Waals surface area contributed by atoms with Gasteiger partial charge in [0.25, 0.3) is 0 Å². The van der Waals surface area contributed by atoms with E-state index in [9.17, 15) is 13.9 Å². The highest BCUT2D eigenvalue weighted by molar-refractivity contribution is 5.44. The Bertz CT molecular complexity index is 574. The van der Waals surface area contributed by atoms with Gasteiger partial charge in [0.2, 0.25) is 0 Å². The predicted molar refractivity (Wildman–Crippen MR) is 68.0 cm³/mol. The topological polar surface area (TPSA) is 29.5 Å². The highest BCUT2D eigenvalue weighted by Crippen LogP contribution is 2.35. The second-order valence-electron chi connectivity index (χ2n) is 4.43. The molecule has 2 aromatic rings. The third kappa shape index (κ3) is 2.58. The summed E-state index contributed by atoms with van der Waals surface area (Å²) in [4.78, 5) is 0. The summed E-state index contributed by atoms with van der Waals surface area (Å²) in [5.41, 5.74) is -0.966.